The highest BCUT2D eigenvalue weighted by molar-refractivity contribution is 7.91. The smallest absolute Gasteiger partial charge is 0.338 e. The van der Waals surface area contributed by atoms with Gasteiger partial charge in [-0.05, 0) is 56.3 Å². The Morgan fingerprint density at radius 1 is 1.00 bits per heavy atom. The van der Waals surface area contributed by atoms with Gasteiger partial charge in [0, 0.05) is 6.42 Å². The minimum Gasteiger partial charge on any atom is -0.497 e. The summed E-state index contributed by atoms with van der Waals surface area (Å²) in [7, 11) is -2.24. The van der Waals surface area contributed by atoms with Crippen molar-refractivity contribution in [3.63, 3.8) is 0 Å². The zero-order valence-electron chi connectivity index (χ0n) is 20.1. The van der Waals surface area contributed by atoms with Gasteiger partial charge >= 0.3 is 11.9 Å². The van der Waals surface area contributed by atoms with E-state index in [1.807, 2.05) is 0 Å². The number of methoxy groups -OCH3 is 1. The maximum Gasteiger partial charge on any atom is 0.338 e. The third kappa shape index (κ3) is 6.58. The van der Waals surface area contributed by atoms with E-state index in [1.165, 1.54) is 35.9 Å². The summed E-state index contributed by atoms with van der Waals surface area (Å²) in [5, 5.41) is 0. The molecule has 0 bridgehead atoms. The number of hydrogen-bond donors (Lipinski definition) is 0. The van der Waals surface area contributed by atoms with E-state index in [1.54, 1.807) is 32.0 Å². The molecule has 192 valence electrons. The molecule has 0 radical (unpaired) electrons. The standard InChI is InChI=1S/C24H26N2O8S2/c1-4-33-22(28)15-26-19-11-6-16(23(29)34-5-2)14-20(19)35-24(26)25-21(27)12-13-36(30,31)18-9-7-17(32-3)8-10-18/h6-11,14H,4-5,12-13,15H2,1-3H3. The largest absolute Gasteiger partial charge is 0.497 e. The molecule has 0 fully saturated rings. The van der Waals surface area contributed by atoms with Crippen molar-refractivity contribution in [3.05, 3.63) is 52.8 Å². The fraction of sp³-hybridized carbons (Fsp3) is 0.333. The Labute approximate surface area is 212 Å². The van der Waals surface area contributed by atoms with Gasteiger partial charge < -0.3 is 18.8 Å². The van der Waals surface area contributed by atoms with Gasteiger partial charge in [-0.15, -0.1) is 0 Å². The number of amides is 1. The summed E-state index contributed by atoms with van der Waals surface area (Å²) in [6, 6.07) is 10.7. The van der Waals surface area contributed by atoms with Gasteiger partial charge in [-0.2, -0.15) is 4.99 Å². The number of carbonyl (C=O) groups is 3. The summed E-state index contributed by atoms with van der Waals surface area (Å²) < 4.78 is 42.5. The molecule has 0 aliphatic rings. The van der Waals surface area contributed by atoms with Gasteiger partial charge in [0.15, 0.2) is 14.6 Å². The van der Waals surface area contributed by atoms with Crippen LogP contribution in [-0.2, 0) is 35.4 Å². The zero-order chi connectivity index (χ0) is 26.3. The Balaban J connectivity index is 1.90. The number of hydrogen-bond acceptors (Lipinski definition) is 9. The molecule has 12 heteroatoms. The van der Waals surface area contributed by atoms with E-state index in [-0.39, 0.29) is 35.9 Å². The number of nitrogens with zero attached hydrogens (tertiary/aromatic N) is 2. The van der Waals surface area contributed by atoms with Crippen molar-refractivity contribution >= 4 is 49.2 Å². The molecule has 1 heterocycles. The first kappa shape index (κ1) is 27.1. The van der Waals surface area contributed by atoms with Gasteiger partial charge in [-0.25, -0.2) is 13.2 Å². The lowest BCUT2D eigenvalue weighted by Gasteiger charge is -2.06. The van der Waals surface area contributed by atoms with E-state index < -0.39 is 33.4 Å². The van der Waals surface area contributed by atoms with Crippen molar-refractivity contribution in [3.8, 4) is 5.75 Å². The average Bonchev–Trinajstić information content (AvgIpc) is 3.19. The number of fused-ring (bicyclic) bond motifs is 1. The van der Waals surface area contributed by atoms with Crippen LogP contribution in [0.3, 0.4) is 0 Å². The maximum atomic E-state index is 12.6. The lowest BCUT2D eigenvalue weighted by molar-refractivity contribution is -0.143. The molecule has 0 saturated carbocycles. The van der Waals surface area contributed by atoms with Crippen molar-refractivity contribution in [2.45, 2.75) is 31.7 Å². The molecule has 10 nitrogen and oxygen atoms in total. The molecular formula is C24H26N2O8S2. The summed E-state index contributed by atoms with van der Waals surface area (Å²) >= 11 is 1.09. The van der Waals surface area contributed by atoms with Gasteiger partial charge in [0.05, 0.1) is 46.8 Å². The van der Waals surface area contributed by atoms with Crippen molar-refractivity contribution < 1.29 is 37.0 Å². The van der Waals surface area contributed by atoms with Crippen molar-refractivity contribution in [2.75, 3.05) is 26.1 Å². The molecule has 0 N–H and O–H groups in total. The second-order valence-electron chi connectivity index (χ2n) is 7.43. The highest BCUT2D eigenvalue weighted by Crippen LogP contribution is 2.21. The number of aromatic nitrogens is 1. The van der Waals surface area contributed by atoms with Crippen LogP contribution in [0.2, 0.25) is 0 Å². The van der Waals surface area contributed by atoms with Crippen molar-refractivity contribution in [1.82, 2.24) is 4.57 Å². The molecule has 1 amide bonds. The fourth-order valence-corrected chi connectivity index (χ4v) is 5.59. The van der Waals surface area contributed by atoms with E-state index in [2.05, 4.69) is 4.99 Å². The molecule has 3 rings (SSSR count). The second-order valence-corrected chi connectivity index (χ2v) is 10.5. The number of esters is 2. The van der Waals surface area contributed by atoms with Crippen LogP contribution in [0.25, 0.3) is 10.2 Å². The SMILES string of the molecule is CCOC(=O)Cn1c(=NC(=O)CCS(=O)(=O)c2ccc(OC)cc2)sc2cc(C(=O)OCC)ccc21. The predicted octanol–water partition coefficient (Wildman–Crippen LogP) is 2.74. The van der Waals surface area contributed by atoms with Gasteiger partial charge in [-0.1, -0.05) is 11.3 Å². The molecular weight excluding hydrogens is 508 g/mol. The van der Waals surface area contributed by atoms with E-state index in [9.17, 15) is 22.8 Å². The van der Waals surface area contributed by atoms with Gasteiger partial charge in [0.2, 0.25) is 5.91 Å². The first-order chi connectivity index (χ1) is 17.2. The highest BCUT2D eigenvalue weighted by atomic mass is 32.2. The Morgan fingerprint density at radius 2 is 1.69 bits per heavy atom. The van der Waals surface area contributed by atoms with Crippen molar-refractivity contribution in [1.29, 1.82) is 0 Å². The molecule has 2 aromatic carbocycles. The molecule has 1 aromatic heterocycles. The number of benzene rings is 2. The second kappa shape index (κ2) is 12.0. The van der Waals surface area contributed by atoms with E-state index >= 15 is 0 Å². The first-order valence-corrected chi connectivity index (χ1v) is 13.6. The molecule has 3 aromatic rings. The zero-order valence-corrected chi connectivity index (χ0v) is 21.7. The normalized spacial score (nSPS) is 11.9. The lowest BCUT2D eigenvalue weighted by Crippen LogP contribution is -2.23. The topological polar surface area (TPSA) is 130 Å². The third-order valence-corrected chi connectivity index (χ3v) is 7.78. The fourth-order valence-electron chi connectivity index (χ4n) is 3.27. The molecule has 36 heavy (non-hydrogen) atoms. The van der Waals surface area contributed by atoms with Crippen LogP contribution in [0, 0.1) is 0 Å². The Kier molecular flexibility index (Phi) is 8.99. The quantitative estimate of drug-likeness (QED) is 0.363. The van der Waals surface area contributed by atoms with Crippen LogP contribution in [-0.4, -0.2) is 56.9 Å². The van der Waals surface area contributed by atoms with Crippen LogP contribution in [0.15, 0.2) is 52.4 Å². The van der Waals surface area contributed by atoms with Gasteiger partial charge in [0.1, 0.15) is 12.3 Å². The van der Waals surface area contributed by atoms with Crippen LogP contribution in [0.4, 0.5) is 0 Å². The Bertz CT molecular complexity index is 1440. The summed E-state index contributed by atoms with van der Waals surface area (Å²) in [5.74, 6) is -1.60. The summed E-state index contributed by atoms with van der Waals surface area (Å²) in [4.78, 5) is 41.3. The third-order valence-electron chi connectivity index (χ3n) is 5.01. The lowest BCUT2D eigenvalue weighted by atomic mass is 10.2. The summed E-state index contributed by atoms with van der Waals surface area (Å²) in [6.45, 7) is 3.58. The number of ether oxygens (including phenoxy) is 3. The summed E-state index contributed by atoms with van der Waals surface area (Å²) in [5.41, 5.74) is 0.885. The highest BCUT2D eigenvalue weighted by Gasteiger charge is 2.18. The molecule has 0 atom stereocenters. The molecule has 0 aliphatic heterocycles. The first-order valence-electron chi connectivity index (χ1n) is 11.1. The molecule has 0 aliphatic carbocycles. The van der Waals surface area contributed by atoms with Crippen LogP contribution in [0.5, 0.6) is 5.75 Å². The van der Waals surface area contributed by atoms with Crippen LogP contribution >= 0.6 is 11.3 Å². The van der Waals surface area contributed by atoms with E-state index in [0.29, 0.717) is 21.5 Å². The van der Waals surface area contributed by atoms with Crippen LogP contribution in [0.1, 0.15) is 30.6 Å². The van der Waals surface area contributed by atoms with E-state index in [0.717, 1.165) is 11.3 Å². The molecule has 0 spiro atoms. The number of rotatable bonds is 10. The summed E-state index contributed by atoms with van der Waals surface area (Å²) in [6.07, 6.45) is -0.351. The van der Waals surface area contributed by atoms with E-state index in [4.69, 9.17) is 14.2 Å². The minimum atomic E-state index is -3.72. The monoisotopic (exact) mass is 534 g/mol. The van der Waals surface area contributed by atoms with Crippen LogP contribution < -0.4 is 9.54 Å². The Hall–Kier alpha value is -3.51. The molecule has 0 saturated heterocycles. The number of sulfone groups is 1. The van der Waals surface area contributed by atoms with Crippen molar-refractivity contribution in [2.24, 2.45) is 4.99 Å². The predicted molar refractivity (Wildman–Crippen MR) is 133 cm³/mol. The maximum absolute atomic E-state index is 12.6. The number of carbonyl (C=O) groups excluding carboxylic acids is 3. The minimum absolute atomic E-state index is 0.0711. The number of thiazole rings is 1. The molecule has 0 unspecified atom stereocenters. The van der Waals surface area contributed by atoms with Gasteiger partial charge in [-0.3, -0.25) is 9.59 Å². The van der Waals surface area contributed by atoms with Gasteiger partial charge in [0.25, 0.3) is 0 Å². The average molecular weight is 535 g/mol. The Morgan fingerprint density at radius 3 is 2.33 bits per heavy atom.